The van der Waals surface area contributed by atoms with Gasteiger partial charge in [-0.05, 0) is 31.0 Å². The molecule has 1 rings (SSSR count). The normalized spacial score (nSPS) is 11.2. The summed E-state index contributed by atoms with van der Waals surface area (Å²) in [6.45, 7) is 1.79. The summed E-state index contributed by atoms with van der Waals surface area (Å²) in [5.74, 6) is -0.906. The molecule has 0 saturated carbocycles. The van der Waals surface area contributed by atoms with E-state index in [2.05, 4.69) is 0 Å². The average molecular weight is 272 g/mol. The summed E-state index contributed by atoms with van der Waals surface area (Å²) in [5.41, 5.74) is 0.813. The average Bonchev–Trinajstić information content (AvgIpc) is 2.28. The SMILES string of the molecule is COc1ccc(C)cc1S(=O)(=O)CCCC(=O)O. The Kier molecular flexibility index (Phi) is 4.72. The van der Waals surface area contributed by atoms with Gasteiger partial charge in [0.25, 0.3) is 0 Å². The van der Waals surface area contributed by atoms with E-state index in [1.165, 1.54) is 13.2 Å². The first kappa shape index (κ1) is 14.5. The molecular weight excluding hydrogens is 256 g/mol. The highest BCUT2D eigenvalue weighted by Crippen LogP contribution is 2.26. The number of aryl methyl sites for hydroxylation is 1. The van der Waals surface area contributed by atoms with Crippen molar-refractivity contribution < 1.29 is 23.1 Å². The zero-order chi connectivity index (χ0) is 13.8. The molecule has 0 aliphatic heterocycles. The van der Waals surface area contributed by atoms with Gasteiger partial charge in [0.1, 0.15) is 10.6 Å². The largest absolute Gasteiger partial charge is 0.495 e. The second-order valence-electron chi connectivity index (χ2n) is 3.97. The van der Waals surface area contributed by atoms with Crippen molar-refractivity contribution in [3.8, 4) is 5.75 Å². The van der Waals surface area contributed by atoms with E-state index in [4.69, 9.17) is 9.84 Å². The maximum atomic E-state index is 12.1. The Balaban J connectivity index is 2.97. The molecule has 6 heteroatoms. The molecule has 0 heterocycles. The molecule has 0 aromatic heterocycles. The molecule has 0 fully saturated rings. The third-order valence-corrected chi connectivity index (χ3v) is 4.27. The number of aliphatic carboxylic acids is 1. The standard InChI is InChI=1S/C12H16O5S/c1-9-5-6-10(17-2)11(8-9)18(15,16)7-3-4-12(13)14/h5-6,8H,3-4,7H2,1-2H3,(H,13,14). The lowest BCUT2D eigenvalue weighted by Crippen LogP contribution is -2.10. The molecular formula is C12H16O5S. The molecule has 5 nitrogen and oxygen atoms in total. The van der Waals surface area contributed by atoms with Crippen LogP contribution < -0.4 is 4.74 Å². The molecule has 0 saturated heterocycles. The highest BCUT2D eigenvalue weighted by molar-refractivity contribution is 7.91. The number of sulfone groups is 1. The van der Waals surface area contributed by atoms with Gasteiger partial charge in [-0.2, -0.15) is 0 Å². The molecule has 0 aliphatic carbocycles. The highest BCUT2D eigenvalue weighted by atomic mass is 32.2. The number of ether oxygens (including phenoxy) is 1. The summed E-state index contributed by atoms with van der Waals surface area (Å²) >= 11 is 0. The van der Waals surface area contributed by atoms with Crippen molar-refractivity contribution in [3.05, 3.63) is 23.8 Å². The number of carboxylic acids is 1. The minimum atomic E-state index is -3.51. The lowest BCUT2D eigenvalue weighted by Gasteiger charge is -2.10. The van der Waals surface area contributed by atoms with Crippen molar-refractivity contribution >= 4 is 15.8 Å². The smallest absolute Gasteiger partial charge is 0.303 e. The van der Waals surface area contributed by atoms with Crippen LogP contribution >= 0.6 is 0 Å². The van der Waals surface area contributed by atoms with Crippen molar-refractivity contribution in [1.82, 2.24) is 0 Å². The summed E-state index contributed by atoms with van der Waals surface area (Å²) in [6.07, 6.45) is -0.0673. The summed E-state index contributed by atoms with van der Waals surface area (Å²) in [4.78, 5) is 10.5. The lowest BCUT2D eigenvalue weighted by atomic mass is 10.2. The van der Waals surface area contributed by atoms with Gasteiger partial charge in [-0.15, -0.1) is 0 Å². The van der Waals surface area contributed by atoms with Crippen molar-refractivity contribution in [1.29, 1.82) is 0 Å². The first-order chi connectivity index (χ1) is 8.36. The van der Waals surface area contributed by atoms with Crippen molar-refractivity contribution in [2.45, 2.75) is 24.7 Å². The fourth-order valence-corrected chi connectivity index (χ4v) is 3.12. The molecule has 1 aromatic carbocycles. The number of methoxy groups -OCH3 is 1. The first-order valence-electron chi connectivity index (χ1n) is 5.46. The lowest BCUT2D eigenvalue weighted by molar-refractivity contribution is -0.137. The van der Waals surface area contributed by atoms with E-state index >= 15 is 0 Å². The summed E-state index contributed by atoms with van der Waals surface area (Å²) in [7, 11) is -2.11. The molecule has 0 amide bonds. The molecule has 1 aromatic rings. The quantitative estimate of drug-likeness (QED) is 0.851. The van der Waals surface area contributed by atoms with Crippen LogP contribution in [0.2, 0.25) is 0 Å². The van der Waals surface area contributed by atoms with Gasteiger partial charge in [0.2, 0.25) is 0 Å². The molecule has 1 N–H and O–H groups in total. The molecule has 0 radical (unpaired) electrons. The first-order valence-corrected chi connectivity index (χ1v) is 7.11. The van der Waals surface area contributed by atoms with E-state index in [9.17, 15) is 13.2 Å². The molecule has 0 bridgehead atoms. The van der Waals surface area contributed by atoms with Crippen molar-refractivity contribution in [2.24, 2.45) is 0 Å². The van der Waals surface area contributed by atoms with Crippen molar-refractivity contribution in [2.75, 3.05) is 12.9 Å². The van der Waals surface area contributed by atoms with Crippen LogP contribution in [0, 0.1) is 6.92 Å². The maximum Gasteiger partial charge on any atom is 0.303 e. The molecule has 0 spiro atoms. The molecule has 100 valence electrons. The number of hydrogen-bond acceptors (Lipinski definition) is 4. The third kappa shape index (κ3) is 3.73. The summed E-state index contributed by atoms with van der Waals surface area (Å²) < 4.78 is 29.2. The minimum Gasteiger partial charge on any atom is -0.495 e. The van der Waals surface area contributed by atoms with Gasteiger partial charge in [0.05, 0.1) is 12.9 Å². The Labute approximate surface area is 106 Å². The number of carbonyl (C=O) groups is 1. The Morgan fingerprint density at radius 1 is 1.39 bits per heavy atom. The number of hydrogen-bond donors (Lipinski definition) is 1. The molecule has 0 aliphatic rings. The van der Waals surface area contributed by atoms with Crippen LogP contribution in [-0.2, 0) is 14.6 Å². The van der Waals surface area contributed by atoms with E-state index in [1.54, 1.807) is 19.1 Å². The monoisotopic (exact) mass is 272 g/mol. The molecule has 0 unspecified atom stereocenters. The van der Waals surface area contributed by atoms with E-state index in [1.807, 2.05) is 0 Å². The van der Waals surface area contributed by atoms with Gasteiger partial charge in [-0.3, -0.25) is 4.79 Å². The highest BCUT2D eigenvalue weighted by Gasteiger charge is 2.19. The second kappa shape index (κ2) is 5.86. The number of rotatable bonds is 6. The Bertz CT molecular complexity index is 533. The van der Waals surface area contributed by atoms with Crippen LogP contribution in [0.5, 0.6) is 5.75 Å². The van der Waals surface area contributed by atoms with Crippen molar-refractivity contribution in [3.63, 3.8) is 0 Å². The van der Waals surface area contributed by atoms with Crippen LogP contribution in [0.25, 0.3) is 0 Å². The van der Waals surface area contributed by atoms with Gasteiger partial charge in [0, 0.05) is 6.42 Å². The zero-order valence-corrected chi connectivity index (χ0v) is 11.2. The molecule has 0 atom stereocenters. The predicted molar refractivity (Wildman–Crippen MR) is 66.7 cm³/mol. The van der Waals surface area contributed by atoms with Crippen LogP contribution in [0.3, 0.4) is 0 Å². The number of benzene rings is 1. The predicted octanol–water partition coefficient (Wildman–Crippen LogP) is 1.64. The molecule has 18 heavy (non-hydrogen) atoms. The van der Waals surface area contributed by atoms with Crippen LogP contribution in [0.1, 0.15) is 18.4 Å². The Morgan fingerprint density at radius 2 is 2.06 bits per heavy atom. The van der Waals surface area contributed by atoms with Gasteiger partial charge in [-0.1, -0.05) is 6.07 Å². The van der Waals surface area contributed by atoms with Gasteiger partial charge < -0.3 is 9.84 Å². The van der Waals surface area contributed by atoms with E-state index in [0.717, 1.165) is 5.56 Å². The van der Waals surface area contributed by atoms with Crippen LogP contribution in [-0.4, -0.2) is 32.4 Å². The fraction of sp³-hybridized carbons (Fsp3) is 0.417. The maximum absolute atomic E-state index is 12.1. The Hall–Kier alpha value is -1.56. The van der Waals surface area contributed by atoms with E-state index < -0.39 is 15.8 Å². The fourth-order valence-electron chi connectivity index (χ4n) is 1.55. The second-order valence-corrected chi connectivity index (χ2v) is 6.05. The Morgan fingerprint density at radius 3 is 2.61 bits per heavy atom. The van der Waals surface area contributed by atoms with E-state index in [0.29, 0.717) is 0 Å². The van der Waals surface area contributed by atoms with Gasteiger partial charge in [0.15, 0.2) is 9.84 Å². The number of carboxylic acid groups (broad SMARTS) is 1. The summed E-state index contributed by atoms with van der Waals surface area (Å²) in [6, 6.07) is 4.89. The van der Waals surface area contributed by atoms with Crippen LogP contribution in [0.15, 0.2) is 23.1 Å². The summed E-state index contributed by atoms with van der Waals surface area (Å²) in [5, 5.41) is 8.51. The zero-order valence-electron chi connectivity index (χ0n) is 10.3. The minimum absolute atomic E-state index is 0.0920. The topological polar surface area (TPSA) is 80.7 Å². The van der Waals surface area contributed by atoms with Gasteiger partial charge in [-0.25, -0.2) is 8.42 Å². The van der Waals surface area contributed by atoms with Gasteiger partial charge >= 0.3 is 5.97 Å². The third-order valence-electron chi connectivity index (χ3n) is 2.46. The van der Waals surface area contributed by atoms with Crippen LogP contribution in [0.4, 0.5) is 0 Å². The van der Waals surface area contributed by atoms with E-state index in [-0.39, 0.29) is 29.2 Å².